The van der Waals surface area contributed by atoms with Crippen molar-refractivity contribution < 1.29 is 0 Å². The molecule has 0 bridgehead atoms. The summed E-state index contributed by atoms with van der Waals surface area (Å²) in [4.78, 5) is 15.3. The van der Waals surface area contributed by atoms with E-state index in [1.807, 2.05) is 36.4 Å². The molecule has 258 valence electrons. The Kier molecular flexibility index (Phi) is 8.04. The van der Waals surface area contributed by atoms with Crippen LogP contribution >= 0.6 is 0 Å². The second-order valence-corrected chi connectivity index (χ2v) is 13.9. The lowest BCUT2D eigenvalue weighted by atomic mass is 9.67. The van der Waals surface area contributed by atoms with Crippen molar-refractivity contribution in [2.45, 2.75) is 5.41 Å². The second-order valence-electron chi connectivity index (χ2n) is 13.9. The third-order valence-corrected chi connectivity index (χ3v) is 10.8. The minimum absolute atomic E-state index is 0.514. The van der Waals surface area contributed by atoms with Gasteiger partial charge in [-0.3, -0.25) is 0 Å². The fourth-order valence-electron chi connectivity index (χ4n) is 8.50. The zero-order valence-electron chi connectivity index (χ0n) is 30.0. The molecule has 3 heteroatoms. The van der Waals surface area contributed by atoms with E-state index in [0.717, 1.165) is 33.4 Å². The van der Waals surface area contributed by atoms with Crippen LogP contribution in [0.3, 0.4) is 0 Å². The van der Waals surface area contributed by atoms with Gasteiger partial charge in [-0.2, -0.15) is 0 Å². The number of benzene rings is 8. The fraction of sp³-hybridized carbons (Fsp3) is 0.0192. The van der Waals surface area contributed by atoms with Gasteiger partial charge in [-0.15, -0.1) is 0 Å². The summed E-state index contributed by atoms with van der Waals surface area (Å²) >= 11 is 0. The summed E-state index contributed by atoms with van der Waals surface area (Å²) in [5.41, 5.74) is 14.3. The summed E-state index contributed by atoms with van der Waals surface area (Å²) in [5.74, 6) is 1.91. The minimum atomic E-state index is -0.514. The lowest BCUT2D eigenvalue weighted by Gasteiger charge is -2.34. The van der Waals surface area contributed by atoms with Crippen molar-refractivity contribution in [3.05, 3.63) is 235 Å². The number of hydrogen-bond donors (Lipinski definition) is 0. The zero-order chi connectivity index (χ0) is 36.6. The molecule has 1 aromatic heterocycles. The van der Waals surface area contributed by atoms with E-state index in [9.17, 15) is 0 Å². The molecule has 55 heavy (non-hydrogen) atoms. The van der Waals surface area contributed by atoms with Gasteiger partial charge in [-0.1, -0.05) is 212 Å². The Morgan fingerprint density at radius 3 is 1.22 bits per heavy atom. The van der Waals surface area contributed by atoms with Crippen LogP contribution in [0.2, 0.25) is 0 Å². The van der Waals surface area contributed by atoms with Gasteiger partial charge in [0.05, 0.1) is 5.41 Å². The van der Waals surface area contributed by atoms with Crippen molar-refractivity contribution >= 4 is 0 Å². The molecule has 1 aliphatic carbocycles. The number of hydrogen-bond acceptors (Lipinski definition) is 3. The van der Waals surface area contributed by atoms with Crippen LogP contribution in [0.4, 0.5) is 0 Å². The molecule has 0 N–H and O–H groups in total. The maximum atomic E-state index is 5.18. The molecule has 0 spiro atoms. The number of rotatable bonds is 7. The minimum Gasteiger partial charge on any atom is -0.208 e. The van der Waals surface area contributed by atoms with Crippen molar-refractivity contribution in [1.82, 2.24) is 15.0 Å². The smallest absolute Gasteiger partial charge is 0.164 e. The first-order valence-electron chi connectivity index (χ1n) is 18.7. The number of fused-ring (bicyclic) bond motifs is 3. The molecule has 0 fully saturated rings. The van der Waals surface area contributed by atoms with E-state index < -0.39 is 5.41 Å². The second kappa shape index (κ2) is 13.6. The molecule has 0 radical (unpaired) electrons. The molecular formula is C52H35N3. The maximum absolute atomic E-state index is 5.18. The van der Waals surface area contributed by atoms with Crippen molar-refractivity contribution in [3.8, 4) is 67.5 Å². The van der Waals surface area contributed by atoms with Gasteiger partial charge in [0, 0.05) is 16.7 Å². The number of aromatic nitrogens is 3. The van der Waals surface area contributed by atoms with Crippen molar-refractivity contribution in [3.63, 3.8) is 0 Å². The lowest BCUT2D eigenvalue weighted by molar-refractivity contribution is 0.768. The standard InChI is InChI=1S/C52H35N3/c1-6-20-36(21-7-1)47-42(34-35-46-48(47)44-32-18-19-33-45(44)52(46,39-26-12-4-13-27-39)40-28-14-5-15-29-40)41-30-16-17-31-43(41)51-54-49(37-22-8-2-9-23-37)53-50(55-51)38-24-10-3-11-25-38/h1-35H. The molecule has 0 atom stereocenters. The predicted octanol–water partition coefficient (Wildman–Crippen LogP) is 12.6. The molecule has 0 saturated heterocycles. The Hall–Kier alpha value is -7.23. The van der Waals surface area contributed by atoms with Crippen molar-refractivity contribution in [1.29, 1.82) is 0 Å². The van der Waals surface area contributed by atoms with Gasteiger partial charge in [0.25, 0.3) is 0 Å². The molecule has 8 aromatic carbocycles. The first-order valence-corrected chi connectivity index (χ1v) is 18.7. The highest BCUT2D eigenvalue weighted by Gasteiger charge is 2.47. The van der Waals surface area contributed by atoms with Gasteiger partial charge in [-0.25, -0.2) is 15.0 Å². The molecule has 1 aliphatic rings. The summed E-state index contributed by atoms with van der Waals surface area (Å²) < 4.78 is 0. The van der Waals surface area contributed by atoms with Crippen LogP contribution in [0, 0.1) is 0 Å². The Morgan fingerprint density at radius 1 is 0.255 bits per heavy atom. The van der Waals surface area contributed by atoms with E-state index >= 15 is 0 Å². The quantitative estimate of drug-likeness (QED) is 0.166. The molecular weight excluding hydrogens is 667 g/mol. The molecule has 10 rings (SSSR count). The van der Waals surface area contributed by atoms with Crippen LogP contribution < -0.4 is 0 Å². The normalized spacial score (nSPS) is 12.5. The molecule has 1 heterocycles. The molecule has 3 nitrogen and oxygen atoms in total. The summed E-state index contributed by atoms with van der Waals surface area (Å²) in [6.07, 6.45) is 0. The van der Waals surface area contributed by atoms with Gasteiger partial charge < -0.3 is 0 Å². The lowest BCUT2D eigenvalue weighted by Crippen LogP contribution is -2.28. The topological polar surface area (TPSA) is 38.7 Å². The highest BCUT2D eigenvalue weighted by molar-refractivity contribution is 6.03. The average Bonchev–Trinajstić information content (AvgIpc) is 3.58. The van der Waals surface area contributed by atoms with Crippen LogP contribution in [0.5, 0.6) is 0 Å². The first-order chi connectivity index (χ1) is 27.3. The average molecular weight is 702 g/mol. The largest absolute Gasteiger partial charge is 0.208 e. The van der Waals surface area contributed by atoms with E-state index in [0.29, 0.717) is 17.5 Å². The van der Waals surface area contributed by atoms with Gasteiger partial charge in [0.2, 0.25) is 0 Å². The van der Waals surface area contributed by atoms with Crippen molar-refractivity contribution in [2.24, 2.45) is 0 Å². The summed E-state index contributed by atoms with van der Waals surface area (Å²) in [6.45, 7) is 0. The Balaban J connectivity index is 1.28. The van der Waals surface area contributed by atoms with E-state index in [1.165, 1.54) is 38.9 Å². The SMILES string of the molecule is c1ccc(-c2nc(-c3ccccc3)nc(-c3ccccc3-c3ccc4c(c3-c3ccccc3)-c3ccccc3C4(c3ccccc3)c3ccccc3)n2)cc1. The van der Waals surface area contributed by atoms with Crippen molar-refractivity contribution in [2.75, 3.05) is 0 Å². The molecule has 0 unspecified atom stereocenters. The van der Waals surface area contributed by atoms with E-state index in [4.69, 9.17) is 15.0 Å². The highest BCUT2D eigenvalue weighted by atomic mass is 15.0. The number of nitrogens with zero attached hydrogens (tertiary/aromatic N) is 3. The molecule has 9 aromatic rings. The van der Waals surface area contributed by atoms with Gasteiger partial charge in [0.15, 0.2) is 17.5 Å². The third-order valence-electron chi connectivity index (χ3n) is 10.8. The fourth-order valence-corrected chi connectivity index (χ4v) is 8.50. The summed E-state index contributed by atoms with van der Waals surface area (Å²) in [5, 5.41) is 0. The van der Waals surface area contributed by atoms with Crippen LogP contribution in [0.1, 0.15) is 22.3 Å². The van der Waals surface area contributed by atoms with E-state index in [1.54, 1.807) is 0 Å². The Bertz CT molecular complexity index is 2690. The third kappa shape index (κ3) is 5.40. The summed E-state index contributed by atoms with van der Waals surface area (Å²) in [7, 11) is 0. The zero-order valence-corrected chi connectivity index (χ0v) is 30.0. The molecule has 0 amide bonds. The van der Waals surface area contributed by atoms with Gasteiger partial charge in [0.1, 0.15) is 0 Å². The van der Waals surface area contributed by atoms with E-state index in [-0.39, 0.29) is 0 Å². The van der Waals surface area contributed by atoms with Crippen LogP contribution in [-0.4, -0.2) is 15.0 Å². The van der Waals surface area contributed by atoms with Gasteiger partial charge >= 0.3 is 0 Å². The van der Waals surface area contributed by atoms with Crippen LogP contribution in [0.15, 0.2) is 212 Å². The monoisotopic (exact) mass is 701 g/mol. The summed E-state index contributed by atoms with van der Waals surface area (Å²) in [6, 6.07) is 75.3. The Labute approximate surface area is 321 Å². The van der Waals surface area contributed by atoms with Crippen LogP contribution in [0.25, 0.3) is 67.5 Å². The maximum Gasteiger partial charge on any atom is 0.164 e. The first kappa shape index (κ1) is 32.4. The predicted molar refractivity (Wildman–Crippen MR) is 224 cm³/mol. The van der Waals surface area contributed by atoms with Crippen LogP contribution in [-0.2, 0) is 5.41 Å². The van der Waals surface area contributed by atoms with Gasteiger partial charge in [-0.05, 0) is 55.6 Å². The Morgan fingerprint density at radius 2 is 0.673 bits per heavy atom. The highest BCUT2D eigenvalue weighted by Crippen LogP contribution is 2.60. The molecule has 0 aliphatic heterocycles. The van der Waals surface area contributed by atoms with E-state index in [2.05, 4.69) is 176 Å². The molecule has 0 saturated carbocycles.